The normalized spacial score (nSPS) is 16.1. The first-order valence-electron chi connectivity index (χ1n) is 4.55. The summed E-state index contributed by atoms with van der Waals surface area (Å²) in [5.74, 6) is -2.08. The molecule has 0 bridgehead atoms. The molecule has 0 radical (unpaired) electrons. The Morgan fingerprint density at radius 1 is 1.44 bits per heavy atom. The van der Waals surface area contributed by atoms with Crippen LogP contribution in [-0.2, 0) is 0 Å². The van der Waals surface area contributed by atoms with Crippen molar-refractivity contribution in [2.24, 2.45) is 0 Å². The molecule has 1 heterocycles. The zero-order valence-corrected chi connectivity index (χ0v) is 8.06. The van der Waals surface area contributed by atoms with Gasteiger partial charge in [-0.05, 0) is 0 Å². The molecule has 1 N–H and O–H groups in total. The van der Waals surface area contributed by atoms with E-state index >= 15 is 0 Å². The molecule has 0 spiro atoms. The maximum atomic E-state index is 13.2. The van der Waals surface area contributed by atoms with E-state index < -0.39 is 28.3 Å². The predicted octanol–water partition coefficient (Wildman–Crippen LogP) is 1.05. The first-order chi connectivity index (χ1) is 7.49. The van der Waals surface area contributed by atoms with Gasteiger partial charge in [-0.15, -0.1) is 0 Å². The topological polar surface area (TPSA) is 66.6 Å². The summed E-state index contributed by atoms with van der Waals surface area (Å²) in [4.78, 5) is 11.1. The van der Waals surface area contributed by atoms with Gasteiger partial charge in [0, 0.05) is 25.2 Å². The molecule has 0 aliphatic carbocycles. The van der Waals surface area contributed by atoms with Gasteiger partial charge in [0.05, 0.1) is 11.0 Å². The van der Waals surface area contributed by atoms with Crippen LogP contribution in [0.1, 0.15) is 0 Å². The van der Waals surface area contributed by atoms with Crippen LogP contribution in [0.25, 0.3) is 0 Å². The number of halogens is 2. The summed E-state index contributed by atoms with van der Waals surface area (Å²) in [6.45, 7) is 0.285. The van der Waals surface area contributed by atoms with E-state index in [9.17, 15) is 18.9 Å². The molecule has 1 aliphatic rings. The summed E-state index contributed by atoms with van der Waals surface area (Å²) in [7, 11) is 0. The molecular formula is C9H8F2N2O3. The Labute approximate surface area is 89.1 Å². The van der Waals surface area contributed by atoms with E-state index in [0.29, 0.717) is 6.07 Å². The molecule has 0 unspecified atom stereocenters. The van der Waals surface area contributed by atoms with Crippen molar-refractivity contribution in [2.45, 2.75) is 6.10 Å². The van der Waals surface area contributed by atoms with Gasteiger partial charge >= 0.3 is 5.69 Å². The monoisotopic (exact) mass is 230 g/mol. The van der Waals surface area contributed by atoms with Gasteiger partial charge in [0.15, 0.2) is 0 Å². The number of aliphatic hydroxyl groups excluding tert-OH is 1. The van der Waals surface area contributed by atoms with Crippen LogP contribution in [0.2, 0.25) is 0 Å². The van der Waals surface area contributed by atoms with Gasteiger partial charge in [-0.25, -0.2) is 4.39 Å². The average Bonchev–Trinajstić information content (AvgIpc) is 2.10. The number of nitro benzene ring substituents is 1. The maximum absolute atomic E-state index is 13.2. The Kier molecular flexibility index (Phi) is 2.47. The standard InChI is InChI=1S/C9H8F2N2O3/c10-5-1-7(11)9(13(15)16)8(2-5)12-3-6(14)4-12/h1-2,6,14H,3-4H2. The van der Waals surface area contributed by atoms with Crippen molar-refractivity contribution in [3.8, 4) is 0 Å². The lowest BCUT2D eigenvalue weighted by Gasteiger charge is -2.37. The summed E-state index contributed by atoms with van der Waals surface area (Å²) in [5.41, 5.74) is -0.888. The lowest BCUT2D eigenvalue weighted by Crippen LogP contribution is -2.51. The molecule has 5 nitrogen and oxygen atoms in total. The summed E-state index contributed by atoms with van der Waals surface area (Å²) < 4.78 is 26.1. The van der Waals surface area contributed by atoms with Gasteiger partial charge < -0.3 is 10.0 Å². The molecule has 7 heteroatoms. The quantitative estimate of drug-likeness (QED) is 0.609. The van der Waals surface area contributed by atoms with Crippen molar-refractivity contribution in [1.29, 1.82) is 0 Å². The Morgan fingerprint density at radius 2 is 2.06 bits per heavy atom. The van der Waals surface area contributed by atoms with E-state index in [-0.39, 0.29) is 18.8 Å². The van der Waals surface area contributed by atoms with Crippen LogP contribution in [0.3, 0.4) is 0 Å². The summed E-state index contributed by atoms with van der Waals surface area (Å²) in [6.07, 6.45) is -0.606. The zero-order valence-electron chi connectivity index (χ0n) is 8.06. The number of nitrogens with zero attached hydrogens (tertiary/aromatic N) is 2. The van der Waals surface area contributed by atoms with Crippen molar-refractivity contribution < 1.29 is 18.8 Å². The Bertz CT molecular complexity index is 447. The molecule has 16 heavy (non-hydrogen) atoms. The highest BCUT2D eigenvalue weighted by atomic mass is 19.1. The van der Waals surface area contributed by atoms with Gasteiger partial charge in [-0.2, -0.15) is 4.39 Å². The minimum atomic E-state index is -1.21. The van der Waals surface area contributed by atoms with Crippen LogP contribution >= 0.6 is 0 Å². The molecule has 86 valence electrons. The van der Waals surface area contributed by atoms with E-state index in [0.717, 1.165) is 6.07 Å². The Hall–Kier alpha value is -1.76. The molecule has 0 saturated carbocycles. The Balaban J connectivity index is 2.45. The summed E-state index contributed by atoms with van der Waals surface area (Å²) in [5, 5.41) is 19.7. The highest BCUT2D eigenvalue weighted by Crippen LogP contribution is 2.34. The fourth-order valence-electron chi connectivity index (χ4n) is 1.63. The lowest BCUT2D eigenvalue weighted by molar-refractivity contribution is -0.386. The second-order valence-corrected chi connectivity index (χ2v) is 3.57. The fourth-order valence-corrected chi connectivity index (χ4v) is 1.63. The van der Waals surface area contributed by atoms with Gasteiger partial charge in [0.2, 0.25) is 5.82 Å². The second kappa shape index (κ2) is 3.67. The molecule has 2 rings (SSSR count). The Morgan fingerprint density at radius 3 is 2.56 bits per heavy atom. The predicted molar refractivity (Wildman–Crippen MR) is 51.2 cm³/mol. The van der Waals surface area contributed by atoms with Gasteiger partial charge in [0.25, 0.3) is 0 Å². The zero-order chi connectivity index (χ0) is 11.9. The first-order valence-corrected chi connectivity index (χ1v) is 4.55. The smallest absolute Gasteiger partial charge is 0.328 e. The van der Waals surface area contributed by atoms with Crippen LogP contribution in [-0.4, -0.2) is 29.2 Å². The number of anilines is 1. The lowest BCUT2D eigenvalue weighted by atomic mass is 10.1. The molecule has 1 aliphatic heterocycles. The molecule has 1 fully saturated rings. The molecule has 0 amide bonds. The fraction of sp³-hybridized carbons (Fsp3) is 0.333. The van der Waals surface area contributed by atoms with Crippen molar-refractivity contribution in [2.75, 3.05) is 18.0 Å². The molecule has 1 saturated heterocycles. The number of β-amino-alcohol motifs (C(OH)–C–C–N with tert-alkyl or cyclic N) is 1. The van der Waals surface area contributed by atoms with Crippen molar-refractivity contribution in [3.05, 3.63) is 33.9 Å². The molecule has 1 aromatic rings. The third-order valence-corrected chi connectivity index (χ3v) is 2.39. The van der Waals surface area contributed by atoms with Gasteiger partial charge in [-0.1, -0.05) is 0 Å². The minimum absolute atomic E-state index is 0.132. The van der Waals surface area contributed by atoms with Crippen LogP contribution in [0, 0.1) is 21.7 Å². The summed E-state index contributed by atoms with van der Waals surface area (Å²) >= 11 is 0. The number of rotatable bonds is 2. The third-order valence-electron chi connectivity index (χ3n) is 2.39. The highest BCUT2D eigenvalue weighted by molar-refractivity contribution is 5.65. The van der Waals surface area contributed by atoms with Crippen molar-refractivity contribution in [3.63, 3.8) is 0 Å². The van der Waals surface area contributed by atoms with E-state index in [1.807, 2.05) is 0 Å². The van der Waals surface area contributed by atoms with Crippen molar-refractivity contribution >= 4 is 11.4 Å². The number of hydrogen-bond donors (Lipinski definition) is 1. The van der Waals surface area contributed by atoms with Crippen LogP contribution in [0.4, 0.5) is 20.2 Å². The molecule has 1 aromatic carbocycles. The maximum Gasteiger partial charge on any atom is 0.328 e. The number of hydrogen-bond acceptors (Lipinski definition) is 4. The SMILES string of the molecule is O=[N+]([O-])c1c(F)cc(F)cc1N1CC(O)C1. The van der Waals surface area contributed by atoms with Crippen LogP contribution < -0.4 is 4.90 Å². The molecular weight excluding hydrogens is 222 g/mol. The van der Waals surface area contributed by atoms with Crippen LogP contribution in [0.15, 0.2) is 12.1 Å². The first kappa shape index (κ1) is 10.7. The van der Waals surface area contributed by atoms with E-state index in [2.05, 4.69) is 0 Å². The van der Waals surface area contributed by atoms with E-state index in [1.165, 1.54) is 4.90 Å². The largest absolute Gasteiger partial charge is 0.389 e. The third kappa shape index (κ3) is 1.69. The van der Waals surface area contributed by atoms with E-state index in [1.54, 1.807) is 0 Å². The van der Waals surface area contributed by atoms with E-state index in [4.69, 9.17) is 5.11 Å². The highest BCUT2D eigenvalue weighted by Gasteiger charge is 2.32. The average molecular weight is 230 g/mol. The van der Waals surface area contributed by atoms with Crippen molar-refractivity contribution in [1.82, 2.24) is 0 Å². The number of benzene rings is 1. The summed E-state index contributed by atoms with van der Waals surface area (Å²) in [6, 6.07) is 1.37. The number of nitro groups is 1. The van der Waals surface area contributed by atoms with Crippen LogP contribution in [0.5, 0.6) is 0 Å². The second-order valence-electron chi connectivity index (χ2n) is 3.57. The van der Waals surface area contributed by atoms with Gasteiger partial charge in [0.1, 0.15) is 11.5 Å². The number of aliphatic hydroxyl groups is 1. The molecule has 0 atom stereocenters. The minimum Gasteiger partial charge on any atom is -0.389 e. The molecule has 0 aromatic heterocycles. The van der Waals surface area contributed by atoms with Gasteiger partial charge in [-0.3, -0.25) is 10.1 Å².